The third-order valence-corrected chi connectivity index (χ3v) is 6.03. The Kier molecular flexibility index (Phi) is 5.37. The number of likely N-dealkylation sites (tertiary alicyclic amines) is 1. The minimum absolute atomic E-state index is 0.133. The fourth-order valence-corrected chi connectivity index (χ4v) is 4.56. The number of hydrogen-bond acceptors (Lipinski definition) is 4. The highest BCUT2D eigenvalue weighted by molar-refractivity contribution is 6.31. The minimum Gasteiger partial charge on any atom is -0.324 e. The smallest absolute Gasteiger partial charge is 0.324 e. The molecule has 2 heterocycles. The first kappa shape index (κ1) is 19.0. The van der Waals surface area contributed by atoms with Crippen molar-refractivity contribution in [1.29, 1.82) is 0 Å². The third kappa shape index (κ3) is 4.05. The molecule has 3 atom stereocenters. The summed E-state index contributed by atoms with van der Waals surface area (Å²) in [5.41, 5.74) is 1.65. The van der Waals surface area contributed by atoms with Crippen molar-refractivity contribution in [3.8, 4) is 0 Å². The Balaban J connectivity index is 1.29. The van der Waals surface area contributed by atoms with E-state index >= 15 is 0 Å². The van der Waals surface area contributed by atoms with Gasteiger partial charge in [0.15, 0.2) is 0 Å². The van der Waals surface area contributed by atoms with Gasteiger partial charge in [-0.3, -0.25) is 4.79 Å². The quantitative estimate of drug-likeness (QED) is 0.825. The highest BCUT2D eigenvalue weighted by Crippen LogP contribution is 2.38. The molecule has 2 N–H and O–H groups in total. The Labute approximate surface area is 169 Å². The molecule has 2 aliphatic rings. The highest BCUT2D eigenvalue weighted by atomic mass is 35.5. The summed E-state index contributed by atoms with van der Waals surface area (Å²) in [4.78, 5) is 25.7. The monoisotopic (exact) mass is 401 g/mol. The fourth-order valence-electron chi connectivity index (χ4n) is 4.36. The number of hydrogen-bond donors (Lipinski definition) is 2. The van der Waals surface area contributed by atoms with Gasteiger partial charge in [-0.05, 0) is 36.3 Å². The van der Waals surface area contributed by atoms with Crippen LogP contribution in [0.3, 0.4) is 0 Å². The first-order valence-electron chi connectivity index (χ1n) is 9.58. The van der Waals surface area contributed by atoms with E-state index in [9.17, 15) is 9.59 Å². The molecule has 28 heavy (non-hydrogen) atoms. The number of anilines is 1. The van der Waals surface area contributed by atoms with Crippen LogP contribution in [0.15, 0.2) is 36.7 Å². The van der Waals surface area contributed by atoms with Gasteiger partial charge in [0.25, 0.3) is 0 Å². The Morgan fingerprint density at radius 2 is 1.93 bits per heavy atom. The van der Waals surface area contributed by atoms with Gasteiger partial charge in [0.2, 0.25) is 5.91 Å². The van der Waals surface area contributed by atoms with E-state index in [-0.39, 0.29) is 11.9 Å². The van der Waals surface area contributed by atoms with Crippen molar-refractivity contribution in [3.05, 3.63) is 47.2 Å². The van der Waals surface area contributed by atoms with Gasteiger partial charge in [0, 0.05) is 37.6 Å². The molecule has 1 saturated heterocycles. The van der Waals surface area contributed by atoms with Crippen molar-refractivity contribution in [2.45, 2.75) is 32.4 Å². The maximum atomic E-state index is 12.7. The molecule has 1 aliphatic carbocycles. The fraction of sp³-hybridized carbons (Fsp3) is 0.450. The Bertz CT molecular complexity index is 869. The summed E-state index contributed by atoms with van der Waals surface area (Å²) in [7, 11) is 0. The average molecular weight is 402 g/mol. The third-order valence-electron chi connectivity index (χ3n) is 5.66. The Morgan fingerprint density at radius 1 is 1.21 bits per heavy atom. The maximum Gasteiger partial charge on any atom is 0.344 e. The topological polar surface area (TPSA) is 79.3 Å². The van der Waals surface area contributed by atoms with Crippen LogP contribution in [-0.2, 0) is 11.3 Å². The van der Waals surface area contributed by atoms with Crippen LogP contribution >= 0.6 is 11.6 Å². The van der Waals surface area contributed by atoms with Crippen molar-refractivity contribution < 1.29 is 9.59 Å². The summed E-state index contributed by atoms with van der Waals surface area (Å²) in [5, 5.41) is 11.1. The molecule has 2 aromatic rings. The van der Waals surface area contributed by atoms with Gasteiger partial charge in [-0.2, -0.15) is 9.78 Å². The van der Waals surface area contributed by atoms with E-state index in [0.29, 0.717) is 23.6 Å². The number of benzene rings is 1. The number of fused-ring (bicyclic) bond motifs is 1. The van der Waals surface area contributed by atoms with Crippen molar-refractivity contribution in [2.75, 3.05) is 18.4 Å². The summed E-state index contributed by atoms with van der Waals surface area (Å²) < 4.78 is 1.31. The lowest BCUT2D eigenvalue weighted by atomic mass is 10.0. The molecular formula is C20H24ClN5O2. The zero-order valence-corrected chi connectivity index (χ0v) is 16.5. The minimum atomic E-state index is -0.182. The van der Waals surface area contributed by atoms with Gasteiger partial charge in [0.05, 0.1) is 18.1 Å². The molecule has 148 valence electrons. The van der Waals surface area contributed by atoms with E-state index in [0.717, 1.165) is 43.1 Å². The lowest BCUT2D eigenvalue weighted by Crippen LogP contribution is -2.35. The van der Waals surface area contributed by atoms with Crippen molar-refractivity contribution in [2.24, 2.45) is 11.8 Å². The molecule has 2 fully saturated rings. The second-order valence-corrected chi connectivity index (χ2v) is 8.11. The zero-order valence-electron chi connectivity index (χ0n) is 15.8. The molecule has 1 aromatic heterocycles. The summed E-state index contributed by atoms with van der Waals surface area (Å²) in [6.45, 7) is 3.70. The maximum absolute atomic E-state index is 12.7. The van der Waals surface area contributed by atoms with Crippen LogP contribution in [0.4, 0.5) is 10.5 Å². The van der Waals surface area contributed by atoms with Gasteiger partial charge < -0.3 is 15.5 Å². The molecule has 8 heteroatoms. The number of halogens is 1. The van der Waals surface area contributed by atoms with Gasteiger partial charge in [-0.15, -0.1) is 0 Å². The number of nitrogens with zero attached hydrogens (tertiary/aromatic N) is 3. The number of aromatic nitrogens is 2. The van der Waals surface area contributed by atoms with Gasteiger partial charge in [-0.1, -0.05) is 29.8 Å². The standard InChI is InChI=1S/C20H24ClN5O2/c1-13(27)24-18-9-23-26(12-18)20(28)25-10-15-6-17(7-16(15)11-25)22-8-14-4-2-3-5-19(14)21/h2-5,9,12,15-17,22H,6-8,10-11H2,1H3,(H,24,27)/t15-,16+,17?. The lowest BCUT2D eigenvalue weighted by Gasteiger charge is -2.19. The van der Waals surface area contributed by atoms with Crippen LogP contribution in [0.1, 0.15) is 25.3 Å². The molecule has 2 amide bonds. The molecule has 1 saturated carbocycles. The van der Waals surface area contributed by atoms with Crippen molar-refractivity contribution >= 4 is 29.2 Å². The first-order chi connectivity index (χ1) is 13.5. The summed E-state index contributed by atoms with van der Waals surface area (Å²) in [6.07, 6.45) is 5.18. The second-order valence-electron chi connectivity index (χ2n) is 7.70. The van der Waals surface area contributed by atoms with Gasteiger partial charge in [0.1, 0.15) is 0 Å². The van der Waals surface area contributed by atoms with E-state index in [2.05, 4.69) is 15.7 Å². The predicted octanol–water partition coefficient (Wildman–Crippen LogP) is 2.96. The predicted molar refractivity (Wildman–Crippen MR) is 107 cm³/mol. The average Bonchev–Trinajstić information content (AvgIpc) is 3.34. The van der Waals surface area contributed by atoms with E-state index < -0.39 is 0 Å². The van der Waals surface area contributed by atoms with Crippen LogP contribution in [-0.4, -0.2) is 45.8 Å². The van der Waals surface area contributed by atoms with Gasteiger partial charge >= 0.3 is 6.03 Å². The lowest BCUT2D eigenvalue weighted by molar-refractivity contribution is -0.114. The van der Waals surface area contributed by atoms with Crippen LogP contribution in [0.5, 0.6) is 0 Å². The Morgan fingerprint density at radius 3 is 2.61 bits per heavy atom. The van der Waals surface area contributed by atoms with Crippen LogP contribution in [0, 0.1) is 11.8 Å². The largest absolute Gasteiger partial charge is 0.344 e. The molecule has 0 bridgehead atoms. The number of carbonyl (C=O) groups is 2. The van der Waals surface area contributed by atoms with Crippen molar-refractivity contribution in [3.63, 3.8) is 0 Å². The SMILES string of the molecule is CC(=O)Nc1cnn(C(=O)N2C[C@H]3CC(NCc4ccccc4Cl)C[C@H]3C2)c1. The molecular weight excluding hydrogens is 378 g/mol. The van der Waals surface area contributed by atoms with Crippen molar-refractivity contribution in [1.82, 2.24) is 20.0 Å². The molecule has 1 aromatic carbocycles. The van der Waals surface area contributed by atoms with Gasteiger partial charge in [-0.25, -0.2) is 4.79 Å². The molecule has 1 unspecified atom stereocenters. The molecule has 0 radical (unpaired) electrons. The van der Waals surface area contributed by atoms with E-state index in [1.54, 1.807) is 6.20 Å². The molecule has 4 rings (SSSR count). The molecule has 7 nitrogen and oxygen atoms in total. The number of rotatable bonds is 4. The molecule has 1 aliphatic heterocycles. The normalized spacial score (nSPS) is 23.6. The number of amides is 2. The van der Waals surface area contributed by atoms with Crippen LogP contribution in [0.2, 0.25) is 5.02 Å². The van der Waals surface area contributed by atoms with E-state index in [4.69, 9.17) is 11.6 Å². The summed E-state index contributed by atoms with van der Waals surface area (Å²) >= 11 is 6.23. The van der Waals surface area contributed by atoms with Crippen LogP contribution in [0.25, 0.3) is 0 Å². The summed E-state index contributed by atoms with van der Waals surface area (Å²) in [5.74, 6) is 0.842. The first-order valence-corrected chi connectivity index (χ1v) is 9.95. The number of carbonyl (C=O) groups excluding carboxylic acids is 2. The highest BCUT2D eigenvalue weighted by Gasteiger charge is 2.42. The molecule has 0 spiro atoms. The zero-order chi connectivity index (χ0) is 19.7. The van der Waals surface area contributed by atoms with E-state index in [1.165, 1.54) is 17.8 Å². The number of nitrogens with one attached hydrogen (secondary N) is 2. The van der Waals surface area contributed by atoms with E-state index in [1.807, 2.05) is 29.2 Å². The second kappa shape index (κ2) is 7.93. The Hall–Kier alpha value is -2.38. The summed E-state index contributed by atoms with van der Waals surface area (Å²) in [6, 6.07) is 8.23. The van der Waals surface area contributed by atoms with Crippen LogP contribution < -0.4 is 10.6 Å².